The standard InChI is InChI=1S/C10H18N2O2/c1-4-9(10(11)14)8(2)12(3)6-5-7-13/h4,13H,2,5-7H2,1,3H3,(H2,11,14)/b9-4+. The number of primary amides is 1. The van der Waals surface area contributed by atoms with E-state index in [4.69, 9.17) is 10.8 Å². The minimum atomic E-state index is -0.478. The van der Waals surface area contributed by atoms with Crippen LogP contribution in [0.25, 0.3) is 0 Å². The molecule has 80 valence electrons. The lowest BCUT2D eigenvalue weighted by molar-refractivity contribution is -0.114. The Hall–Kier alpha value is -1.29. The van der Waals surface area contributed by atoms with Crippen LogP contribution in [0.3, 0.4) is 0 Å². The third-order valence-electron chi connectivity index (χ3n) is 1.98. The topological polar surface area (TPSA) is 66.6 Å². The van der Waals surface area contributed by atoms with Gasteiger partial charge in [0.2, 0.25) is 5.91 Å². The van der Waals surface area contributed by atoms with E-state index in [9.17, 15) is 4.79 Å². The summed E-state index contributed by atoms with van der Waals surface area (Å²) in [5, 5.41) is 8.64. The molecule has 0 aliphatic carbocycles. The summed E-state index contributed by atoms with van der Waals surface area (Å²) in [6.45, 7) is 6.29. The molecule has 0 aliphatic rings. The van der Waals surface area contributed by atoms with Crippen molar-refractivity contribution in [3.63, 3.8) is 0 Å². The molecule has 0 aromatic carbocycles. The largest absolute Gasteiger partial charge is 0.396 e. The Morgan fingerprint density at radius 1 is 1.64 bits per heavy atom. The molecule has 0 rings (SSSR count). The van der Waals surface area contributed by atoms with Crippen LogP contribution in [0.4, 0.5) is 0 Å². The van der Waals surface area contributed by atoms with Gasteiger partial charge in [-0.25, -0.2) is 0 Å². The fourth-order valence-corrected chi connectivity index (χ4v) is 1.10. The van der Waals surface area contributed by atoms with Gasteiger partial charge in [0.15, 0.2) is 0 Å². The number of likely N-dealkylation sites (N-methyl/N-ethyl adjacent to an activating group) is 1. The van der Waals surface area contributed by atoms with Crippen molar-refractivity contribution in [2.24, 2.45) is 5.73 Å². The molecule has 0 bridgehead atoms. The molecular weight excluding hydrogens is 180 g/mol. The molecule has 0 saturated heterocycles. The molecule has 0 radical (unpaired) electrons. The van der Waals surface area contributed by atoms with Crippen LogP contribution in [0.1, 0.15) is 13.3 Å². The van der Waals surface area contributed by atoms with Gasteiger partial charge >= 0.3 is 0 Å². The second-order valence-electron chi connectivity index (χ2n) is 3.01. The SMILES string of the molecule is C=C(/C(=C\C)C(N)=O)N(C)CCCO. The highest BCUT2D eigenvalue weighted by Gasteiger charge is 2.11. The van der Waals surface area contributed by atoms with Crippen LogP contribution < -0.4 is 5.73 Å². The van der Waals surface area contributed by atoms with Gasteiger partial charge in [-0.3, -0.25) is 4.79 Å². The summed E-state index contributed by atoms with van der Waals surface area (Å²) < 4.78 is 0. The van der Waals surface area contributed by atoms with Gasteiger partial charge in [-0.05, 0) is 13.3 Å². The molecule has 0 fully saturated rings. The number of aliphatic hydroxyl groups is 1. The van der Waals surface area contributed by atoms with E-state index in [0.717, 1.165) is 0 Å². The molecular formula is C10H18N2O2. The summed E-state index contributed by atoms with van der Waals surface area (Å²) in [6, 6.07) is 0. The zero-order valence-corrected chi connectivity index (χ0v) is 8.79. The number of carbonyl (C=O) groups excluding carboxylic acids is 1. The normalized spacial score (nSPS) is 11.2. The van der Waals surface area contributed by atoms with Crippen molar-refractivity contribution in [3.8, 4) is 0 Å². The Morgan fingerprint density at radius 2 is 2.21 bits per heavy atom. The molecule has 0 aliphatic heterocycles. The minimum Gasteiger partial charge on any atom is -0.396 e. The van der Waals surface area contributed by atoms with Crippen molar-refractivity contribution in [3.05, 3.63) is 23.9 Å². The van der Waals surface area contributed by atoms with E-state index in [1.807, 2.05) is 7.05 Å². The molecule has 4 heteroatoms. The highest BCUT2D eigenvalue weighted by molar-refractivity contribution is 5.95. The van der Waals surface area contributed by atoms with Gasteiger partial charge in [0.25, 0.3) is 0 Å². The summed E-state index contributed by atoms with van der Waals surface area (Å²) in [6.07, 6.45) is 2.28. The molecule has 3 N–H and O–H groups in total. The summed E-state index contributed by atoms with van der Waals surface area (Å²) in [5.74, 6) is -0.478. The van der Waals surface area contributed by atoms with Gasteiger partial charge in [-0.15, -0.1) is 0 Å². The molecule has 0 aromatic rings. The average molecular weight is 198 g/mol. The summed E-state index contributed by atoms with van der Waals surface area (Å²) >= 11 is 0. The third kappa shape index (κ3) is 3.62. The lowest BCUT2D eigenvalue weighted by Crippen LogP contribution is -2.26. The number of nitrogens with two attached hydrogens (primary N) is 1. The van der Waals surface area contributed by atoms with E-state index in [1.54, 1.807) is 17.9 Å². The highest BCUT2D eigenvalue weighted by Crippen LogP contribution is 2.11. The first-order chi connectivity index (χ1) is 6.54. The highest BCUT2D eigenvalue weighted by atomic mass is 16.3. The van der Waals surface area contributed by atoms with Crippen LogP contribution in [0.2, 0.25) is 0 Å². The maximum absolute atomic E-state index is 11.0. The average Bonchev–Trinajstić information content (AvgIpc) is 2.14. The molecule has 0 spiro atoms. The van der Waals surface area contributed by atoms with Crippen molar-refractivity contribution in [2.45, 2.75) is 13.3 Å². The molecule has 0 aromatic heterocycles. The first-order valence-corrected chi connectivity index (χ1v) is 4.52. The number of allylic oxidation sites excluding steroid dienone is 1. The van der Waals surface area contributed by atoms with E-state index in [-0.39, 0.29) is 6.61 Å². The fourth-order valence-electron chi connectivity index (χ4n) is 1.10. The number of carbonyl (C=O) groups is 1. The smallest absolute Gasteiger partial charge is 0.250 e. The Labute approximate surface area is 84.7 Å². The summed E-state index contributed by atoms with van der Waals surface area (Å²) in [4.78, 5) is 12.8. The second kappa shape index (κ2) is 6.21. The quantitative estimate of drug-likeness (QED) is 0.475. The maximum Gasteiger partial charge on any atom is 0.250 e. The van der Waals surface area contributed by atoms with Gasteiger partial charge in [0.05, 0.1) is 5.57 Å². The Balaban J connectivity index is 4.37. The van der Waals surface area contributed by atoms with Crippen LogP contribution in [0.5, 0.6) is 0 Å². The van der Waals surface area contributed by atoms with Crippen LogP contribution in [0.15, 0.2) is 23.9 Å². The Morgan fingerprint density at radius 3 is 2.57 bits per heavy atom. The number of nitrogens with zero attached hydrogens (tertiary/aromatic N) is 1. The summed E-state index contributed by atoms with van der Waals surface area (Å²) in [7, 11) is 1.81. The van der Waals surface area contributed by atoms with Crippen molar-refractivity contribution in [1.29, 1.82) is 0 Å². The summed E-state index contributed by atoms with van der Waals surface area (Å²) in [5.41, 5.74) is 6.18. The Kier molecular flexibility index (Phi) is 5.64. The van der Waals surface area contributed by atoms with E-state index in [0.29, 0.717) is 24.2 Å². The monoisotopic (exact) mass is 198 g/mol. The lowest BCUT2D eigenvalue weighted by atomic mass is 10.1. The van der Waals surface area contributed by atoms with Crippen molar-refractivity contribution in [1.82, 2.24) is 4.90 Å². The number of rotatable bonds is 6. The van der Waals surface area contributed by atoms with Gasteiger partial charge in [0, 0.05) is 25.9 Å². The van der Waals surface area contributed by atoms with Gasteiger partial charge < -0.3 is 15.7 Å². The van der Waals surface area contributed by atoms with Crippen molar-refractivity contribution < 1.29 is 9.90 Å². The van der Waals surface area contributed by atoms with E-state index in [1.165, 1.54) is 0 Å². The molecule has 4 nitrogen and oxygen atoms in total. The first-order valence-electron chi connectivity index (χ1n) is 4.52. The van der Waals surface area contributed by atoms with Crippen molar-refractivity contribution in [2.75, 3.05) is 20.2 Å². The van der Waals surface area contributed by atoms with Gasteiger partial charge in [0.1, 0.15) is 0 Å². The predicted octanol–water partition coefficient (Wildman–Crippen LogP) is 0.246. The van der Waals surface area contributed by atoms with E-state index >= 15 is 0 Å². The zero-order valence-electron chi connectivity index (χ0n) is 8.79. The fraction of sp³-hybridized carbons (Fsp3) is 0.500. The van der Waals surface area contributed by atoms with Crippen LogP contribution >= 0.6 is 0 Å². The number of hydrogen-bond acceptors (Lipinski definition) is 3. The predicted molar refractivity (Wildman–Crippen MR) is 56.4 cm³/mol. The lowest BCUT2D eigenvalue weighted by Gasteiger charge is -2.21. The molecule has 14 heavy (non-hydrogen) atoms. The first kappa shape index (κ1) is 12.7. The molecule has 0 atom stereocenters. The molecule has 0 saturated carbocycles. The number of amides is 1. The van der Waals surface area contributed by atoms with Gasteiger partial charge in [-0.2, -0.15) is 0 Å². The van der Waals surface area contributed by atoms with Crippen LogP contribution in [-0.2, 0) is 4.79 Å². The second-order valence-corrected chi connectivity index (χ2v) is 3.01. The van der Waals surface area contributed by atoms with Crippen LogP contribution in [-0.4, -0.2) is 36.1 Å². The number of hydrogen-bond donors (Lipinski definition) is 2. The zero-order chi connectivity index (χ0) is 11.1. The van der Waals surface area contributed by atoms with Crippen molar-refractivity contribution >= 4 is 5.91 Å². The third-order valence-corrected chi connectivity index (χ3v) is 1.98. The molecule has 0 heterocycles. The minimum absolute atomic E-state index is 0.124. The molecule has 1 amide bonds. The van der Waals surface area contributed by atoms with Crippen LogP contribution in [0, 0.1) is 0 Å². The number of aliphatic hydroxyl groups excluding tert-OH is 1. The molecule has 0 unspecified atom stereocenters. The maximum atomic E-state index is 11.0. The van der Waals surface area contributed by atoms with E-state index in [2.05, 4.69) is 6.58 Å². The van der Waals surface area contributed by atoms with E-state index < -0.39 is 5.91 Å². The van der Waals surface area contributed by atoms with Gasteiger partial charge in [-0.1, -0.05) is 12.7 Å². The Bertz CT molecular complexity index is 247.